The first-order chi connectivity index (χ1) is 8.35. The quantitative estimate of drug-likeness (QED) is 0.793. The molecular weight excluding hydrogens is 348 g/mol. The average Bonchev–Trinajstić information content (AvgIpc) is 2.56. The highest BCUT2D eigenvalue weighted by atomic mass is 79.9. The lowest BCUT2D eigenvalue weighted by molar-refractivity contribution is 0.380. The minimum atomic E-state index is -3.84. The van der Waals surface area contributed by atoms with Crippen molar-refractivity contribution in [1.29, 1.82) is 0 Å². The molecule has 96 valence electrons. The summed E-state index contributed by atoms with van der Waals surface area (Å²) in [4.78, 5) is 11.1. The average molecular weight is 354 g/mol. The molecule has 0 radical (unpaired) electrons. The summed E-state index contributed by atoms with van der Waals surface area (Å²) in [6.07, 6.45) is 0. The topological polar surface area (TPSA) is 77.5 Å². The predicted molar refractivity (Wildman–Crippen MR) is 68.9 cm³/mol. The van der Waals surface area contributed by atoms with E-state index in [1.165, 1.54) is 0 Å². The highest BCUT2D eigenvalue weighted by Crippen LogP contribution is 2.27. The molecule has 2 aromatic rings. The van der Waals surface area contributed by atoms with Crippen LogP contribution in [0, 0.1) is 0 Å². The second-order valence-electron chi connectivity index (χ2n) is 3.40. The molecule has 1 heterocycles. The Morgan fingerprint density at radius 2 is 2.00 bits per heavy atom. The second-order valence-corrected chi connectivity index (χ2v) is 7.09. The van der Waals surface area contributed by atoms with Crippen molar-refractivity contribution in [3.05, 3.63) is 45.1 Å². The van der Waals surface area contributed by atoms with Crippen molar-refractivity contribution in [2.45, 2.75) is 5.75 Å². The molecule has 0 amide bonds. The first-order valence-electron chi connectivity index (χ1n) is 4.66. The van der Waals surface area contributed by atoms with Crippen molar-refractivity contribution in [2.75, 3.05) is 0 Å². The molecule has 1 aromatic heterocycles. The SMILES string of the molecule is O=c1oc(CS(=O)(=O)Cl)c(-c2cccc(Br)c2)o1. The molecule has 0 saturated heterocycles. The van der Waals surface area contributed by atoms with Crippen molar-refractivity contribution in [3.63, 3.8) is 0 Å². The third-order valence-corrected chi connectivity index (χ3v) is 3.46. The molecule has 0 aliphatic carbocycles. The molecule has 18 heavy (non-hydrogen) atoms. The zero-order valence-electron chi connectivity index (χ0n) is 8.72. The number of halogens is 2. The van der Waals surface area contributed by atoms with E-state index in [2.05, 4.69) is 20.3 Å². The molecular formula is C10H6BrClO5S. The van der Waals surface area contributed by atoms with Crippen LogP contribution in [0.4, 0.5) is 0 Å². The van der Waals surface area contributed by atoms with Crippen LogP contribution in [0.5, 0.6) is 0 Å². The minimum absolute atomic E-state index is 0.0607. The molecule has 0 atom stereocenters. The zero-order chi connectivity index (χ0) is 13.3. The Hall–Kier alpha value is -1.05. The summed E-state index contributed by atoms with van der Waals surface area (Å²) in [6, 6.07) is 6.81. The Labute approximate surface area is 115 Å². The van der Waals surface area contributed by atoms with Crippen LogP contribution in [0.25, 0.3) is 11.3 Å². The zero-order valence-corrected chi connectivity index (χ0v) is 11.9. The molecule has 0 saturated carbocycles. The largest absolute Gasteiger partial charge is 0.519 e. The lowest BCUT2D eigenvalue weighted by atomic mass is 10.1. The van der Waals surface area contributed by atoms with E-state index in [-0.39, 0.29) is 11.5 Å². The van der Waals surface area contributed by atoms with Gasteiger partial charge in [-0.05, 0) is 12.1 Å². The highest BCUT2D eigenvalue weighted by Gasteiger charge is 2.20. The summed E-state index contributed by atoms with van der Waals surface area (Å²) in [6.45, 7) is 0. The summed E-state index contributed by atoms with van der Waals surface area (Å²) in [5.41, 5.74) is 0.519. The molecule has 0 aliphatic rings. The maximum absolute atomic E-state index is 11.1. The Morgan fingerprint density at radius 1 is 1.28 bits per heavy atom. The van der Waals surface area contributed by atoms with E-state index in [1.807, 2.05) is 0 Å². The van der Waals surface area contributed by atoms with Crippen LogP contribution < -0.4 is 5.82 Å². The fraction of sp³-hybridized carbons (Fsp3) is 0.100. The number of benzene rings is 1. The van der Waals surface area contributed by atoms with E-state index >= 15 is 0 Å². The molecule has 0 N–H and O–H groups in total. The fourth-order valence-electron chi connectivity index (χ4n) is 1.41. The predicted octanol–water partition coefficient (Wildman–Crippen LogP) is 2.73. The minimum Gasteiger partial charge on any atom is -0.394 e. The monoisotopic (exact) mass is 352 g/mol. The molecule has 2 rings (SSSR count). The molecule has 0 unspecified atom stereocenters. The molecule has 1 aromatic carbocycles. The van der Waals surface area contributed by atoms with Crippen molar-refractivity contribution in [3.8, 4) is 11.3 Å². The normalized spacial score (nSPS) is 11.7. The maximum Gasteiger partial charge on any atom is 0.519 e. The summed E-state index contributed by atoms with van der Waals surface area (Å²) in [5, 5.41) is 0. The van der Waals surface area contributed by atoms with Crippen molar-refractivity contribution in [2.24, 2.45) is 0 Å². The Kier molecular flexibility index (Phi) is 3.65. The third-order valence-electron chi connectivity index (χ3n) is 2.04. The van der Waals surface area contributed by atoms with Crippen LogP contribution in [0.2, 0.25) is 0 Å². The Morgan fingerprint density at radius 3 is 2.61 bits per heavy atom. The van der Waals surface area contributed by atoms with Crippen molar-refractivity contribution in [1.82, 2.24) is 0 Å². The van der Waals surface area contributed by atoms with Gasteiger partial charge in [0.25, 0.3) is 0 Å². The van der Waals surface area contributed by atoms with Gasteiger partial charge in [-0.1, -0.05) is 28.1 Å². The van der Waals surface area contributed by atoms with Gasteiger partial charge in [-0.25, -0.2) is 13.2 Å². The van der Waals surface area contributed by atoms with Crippen LogP contribution in [0.15, 0.2) is 42.4 Å². The van der Waals surface area contributed by atoms with Crippen LogP contribution in [-0.2, 0) is 14.8 Å². The van der Waals surface area contributed by atoms with E-state index in [0.717, 1.165) is 4.47 Å². The van der Waals surface area contributed by atoms with Gasteiger partial charge in [0.2, 0.25) is 9.05 Å². The summed E-state index contributed by atoms with van der Waals surface area (Å²) >= 11 is 3.26. The van der Waals surface area contributed by atoms with Crippen LogP contribution in [0.1, 0.15) is 5.76 Å². The third kappa shape index (κ3) is 3.24. The molecule has 8 heteroatoms. The maximum atomic E-state index is 11.1. The molecule has 0 aliphatic heterocycles. The van der Waals surface area contributed by atoms with Gasteiger partial charge < -0.3 is 8.83 Å². The summed E-state index contributed by atoms with van der Waals surface area (Å²) < 4.78 is 32.3. The van der Waals surface area contributed by atoms with Crippen molar-refractivity contribution < 1.29 is 17.3 Å². The van der Waals surface area contributed by atoms with Gasteiger partial charge in [0.15, 0.2) is 11.5 Å². The van der Waals surface area contributed by atoms with Gasteiger partial charge >= 0.3 is 5.82 Å². The highest BCUT2D eigenvalue weighted by molar-refractivity contribution is 9.10. The first kappa shape index (κ1) is 13.4. The van der Waals surface area contributed by atoms with E-state index in [9.17, 15) is 13.2 Å². The molecule has 0 fully saturated rings. The smallest absolute Gasteiger partial charge is 0.394 e. The van der Waals surface area contributed by atoms with Gasteiger partial charge in [-0.2, -0.15) is 0 Å². The van der Waals surface area contributed by atoms with Gasteiger partial charge in [-0.3, -0.25) is 0 Å². The van der Waals surface area contributed by atoms with Crippen molar-refractivity contribution >= 4 is 35.7 Å². The molecule has 0 spiro atoms. The fourth-order valence-corrected chi connectivity index (χ4v) is 2.61. The molecule has 5 nitrogen and oxygen atoms in total. The van der Waals surface area contributed by atoms with E-state index in [4.69, 9.17) is 15.1 Å². The van der Waals surface area contributed by atoms with Gasteiger partial charge in [0.1, 0.15) is 5.75 Å². The second kappa shape index (κ2) is 4.91. The molecule has 0 bridgehead atoms. The standard InChI is InChI=1S/C10H6BrClO5S/c11-7-3-1-2-6(4-7)9-8(5-18(12,14)15)16-10(13)17-9/h1-4H,5H2. The number of hydrogen-bond donors (Lipinski definition) is 0. The Bertz CT molecular complexity index is 731. The van der Waals surface area contributed by atoms with E-state index < -0.39 is 20.6 Å². The lowest BCUT2D eigenvalue weighted by Gasteiger charge is -1.99. The van der Waals surface area contributed by atoms with E-state index in [1.54, 1.807) is 24.3 Å². The van der Waals surface area contributed by atoms with Gasteiger partial charge in [0.05, 0.1) is 0 Å². The van der Waals surface area contributed by atoms with Gasteiger partial charge in [0, 0.05) is 20.7 Å². The van der Waals surface area contributed by atoms with Gasteiger partial charge in [-0.15, -0.1) is 0 Å². The number of rotatable bonds is 3. The Balaban J connectivity index is 2.55. The van der Waals surface area contributed by atoms with E-state index in [0.29, 0.717) is 5.56 Å². The van der Waals surface area contributed by atoms with Crippen LogP contribution in [0.3, 0.4) is 0 Å². The first-order valence-corrected chi connectivity index (χ1v) is 7.93. The number of hydrogen-bond acceptors (Lipinski definition) is 5. The summed E-state index contributed by atoms with van der Waals surface area (Å²) in [7, 11) is 1.29. The summed E-state index contributed by atoms with van der Waals surface area (Å²) in [5.74, 6) is -1.64. The van der Waals surface area contributed by atoms with Crippen LogP contribution in [-0.4, -0.2) is 8.42 Å². The lowest BCUT2D eigenvalue weighted by Crippen LogP contribution is -1.95. The van der Waals surface area contributed by atoms with Crippen LogP contribution >= 0.6 is 26.6 Å².